The molecule has 2 heterocycles. The van der Waals surface area contributed by atoms with E-state index < -0.39 is 10.0 Å². The van der Waals surface area contributed by atoms with E-state index in [4.69, 9.17) is 11.6 Å². The first-order valence-corrected chi connectivity index (χ1v) is 11.5. The third-order valence-corrected chi connectivity index (χ3v) is 7.82. The summed E-state index contributed by atoms with van der Waals surface area (Å²) >= 11 is 5.84. The highest BCUT2D eigenvalue weighted by Crippen LogP contribution is 2.25. The zero-order valence-corrected chi connectivity index (χ0v) is 17.3. The Morgan fingerprint density at radius 3 is 2.22 bits per heavy atom. The molecule has 1 amide bonds. The van der Waals surface area contributed by atoms with Gasteiger partial charge in [-0.2, -0.15) is 4.31 Å². The number of likely N-dealkylation sites (tertiary alicyclic amines) is 1. The number of nitrogens with one attached hydrogen (secondary N) is 1. The van der Waals surface area contributed by atoms with E-state index in [-0.39, 0.29) is 22.8 Å². The lowest BCUT2D eigenvalue weighted by atomic mass is 9.96. The second-order valence-electron chi connectivity index (χ2n) is 7.35. The Morgan fingerprint density at radius 1 is 1.07 bits per heavy atom. The number of rotatable bonds is 5. The van der Waals surface area contributed by atoms with Crippen LogP contribution in [0.1, 0.15) is 32.6 Å². The number of halogens is 1. The average Bonchev–Trinajstić information content (AvgIpc) is 2.69. The largest absolute Gasteiger partial charge is 0.353 e. The molecule has 0 radical (unpaired) electrons. The first-order chi connectivity index (χ1) is 12.9. The summed E-state index contributed by atoms with van der Waals surface area (Å²) in [6, 6.07) is 6.46. The molecule has 0 unspecified atom stereocenters. The van der Waals surface area contributed by atoms with Crippen LogP contribution < -0.4 is 5.32 Å². The van der Waals surface area contributed by atoms with Crippen LogP contribution in [0.15, 0.2) is 29.2 Å². The van der Waals surface area contributed by atoms with Crippen molar-refractivity contribution in [2.75, 3.05) is 32.7 Å². The van der Waals surface area contributed by atoms with Gasteiger partial charge < -0.3 is 10.2 Å². The maximum atomic E-state index is 12.7. The fraction of sp³-hybridized carbons (Fsp3) is 0.632. The van der Waals surface area contributed by atoms with Gasteiger partial charge in [-0.05, 0) is 56.5 Å². The Bertz CT molecular complexity index is 738. The van der Waals surface area contributed by atoms with E-state index in [1.807, 2.05) is 0 Å². The average molecular weight is 414 g/mol. The second kappa shape index (κ2) is 8.90. The van der Waals surface area contributed by atoms with E-state index in [0.717, 1.165) is 32.5 Å². The van der Waals surface area contributed by atoms with Gasteiger partial charge in [0.25, 0.3) is 0 Å². The van der Waals surface area contributed by atoms with E-state index in [1.165, 1.54) is 16.4 Å². The van der Waals surface area contributed by atoms with Gasteiger partial charge in [-0.25, -0.2) is 8.42 Å². The third kappa shape index (κ3) is 5.02. The molecule has 0 atom stereocenters. The van der Waals surface area contributed by atoms with Crippen LogP contribution >= 0.6 is 11.6 Å². The Morgan fingerprint density at radius 2 is 1.67 bits per heavy atom. The molecule has 2 aliphatic rings. The van der Waals surface area contributed by atoms with Crippen LogP contribution in [0.3, 0.4) is 0 Å². The van der Waals surface area contributed by atoms with Crippen molar-refractivity contribution in [3.05, 3.63) is 29.3 Å². The summed E-state index contributed by atoms with van der Waals surface area (Å²) in [6.07, 6.45) is 3.10. The summed E-state index contributed by atoms with van der Waals surface area (Å²) in [5, 5.41) is 3.68. The van der Waals surface area contributed by atoms with Crippen molar-refractivity contribution in [1.29, 1.82) is 0 Å². The lowest BCUT2D eigenvalue weighted by Gasteiger charge is -2.34. The summed E-state index contributed by atoms with van der Waals surface area (Å²) in [5.41, 5.74) is 0. The van der Waals surface area contributed by atoms with Crippen molar-refractivity contribution in [1.82, 2.24) is 14.5 Å². The molecule has 8 heteroatoms. The number of carbonyl (C=O) groups is 1. The van der Waals surface area contributed by atoms with Crippen molar-refractivity contribution < 1.29 is 13.2 Å². The molecule has 6 nitrogen and oxygen atoms in total. The number of sulfonamides is 1. The first-order valence-electron chi connectivity index (χ1n) is 9.68. The molecule has 0 saturated carbocycles. The quantitative estimate of drug-likeness (QED) is 0.804. The van der Waals surface area contributed by atoms with E-state index in [0.29, 0.717) is 31.0 Å². The SMILES string of the molecule is CCN1CCC(NC(=O)C2CCN(S(=O)(=O)c3ccc(Cl)cc3)CC2)CC1. The molecule has 27 heavy (non-hydrogen) atoms. The molecule has 3 rings (SSSR count). The number of hydrogen-bond donors (Lipinski definition) is 1. The second-order valence-corrected chi connectivity index (χ2v) is 9.72. The van der Waals surface area contributed by atoms with Crippen molar-refractivity contribution in [2.24, 2.45) is 5.92 Å². The minimum Gasteiger partial charge on any atom is -0.353 e. The molecule has 0 spiro atoms. The molecule has 150 valence electrons. The third-order valence-electron chi connectivity index (χ3n) is 5.66. The normalized spacial score (nSPS) is 21.3. The van der Waals surface area contributed by atoms with Crippen LogP contribution in [0.2, 0.25) is 5.02 Å². The molecule has 2 aliphatic heterocycles. The Labute approximate surface area is 166 Å². The van der Waals surface area contributed by atoms with Crippen LogP contribution in [0, 0.1) is 5.92 Å². The number of amides is 1. The fourth-order valence-electron chi connectivity index (χ4n) is 3.83. The molecule has 1 N–H and O–H groups in total. The molecular weight excluding hydrogens is 386 g/mol. The highest BCUT2D eigenvalue weighted by atomic mass is 35.5. The first kappa shape index (κ1) is 20.6. The van der Waals surface area contributed by atoms with Crippen LogP contribution in [0.5, 0.6) is 0 Å². The van der Waals surface area contributed by atoms with Gasteiger partial charge >= 0.3 is 0 Å². The van der Waals surface area contributed by atoms with Gasteiger partial charge in [0.05, 0.1) is 4.90 Å². The van der Waals surface area contributed by atoms with Crippen molar-refractivity contribution in [3.63, 3.8) is 0 Å². The lowest BCUT2D eigenvalue weighted by molar-refractivity contribution is -0.127. The highest BCUT2D eigenvalue weighted by molar-refractivity contribution is 7.89. The minimum atomic E-state index is -3.53. The fourth-order valence-corrected chi connectivity index (χ4v) is 5.42. The Kier molecular flexibility index (Phi) is 6.78. The van der Waals surface area contributed by atoms with Gasteiger partial charge in [-0.1, -0.05) is 18.5 Å². The van der Waals surface area contributed by atoms with Gasteiger partial charge in [-0.15, -0.1) is 0 Å². The number of benzene rings is 1. The van der Waals surface area contributed by atoms with Crippen molar-refractivity contribution in [2.45, 2.75) is 43.5 Å². The number of nitrogens with zero attached hydrogens (tertiary/aromatic N) is 2. The molecule has 0 bridgehead atoms. The summed E-state index contributed by atoms with van der Waals surface area (Å²) in [4.78, 5) is 15.2. The van der Waals surface area contributed by atoms with Crippen LogP contribution in [-0.2, 0) is 14.8 Å². The summed E-state index contributed by atoms with van der Waals surface area (Å²) in [5.74, 6) is -0.0284. The van der Waals surface area contributed by atoms with Crippen molar-refractivity contribution >= 4 is 27.5 Å². The Balaban J connectivity index is 1.51. The minimum absolute atomic E-state index is 0.0773. The Hall–Kier alpha value is -1.15. The number of piperidine rings is 2. The van der Waals surface area contributed by atoms with Gasteiger partial charge in [0.2, 0.25) is 15.9 Å². The molecule has 0 aliphatic carbocycles. The molecule has 2 saturated heterocycles. The van der Waals surface area contributed by atoms with E-state index in [1.54, 1.807) is 12.1 Å². The zero-order chi connectivity index (χ0) is 19.4. The van der Waals surface area contributed by atoms with E-state index in [2.05, 4.69) is 17.1 Å². The molecule has 2 fully saturated rings. The maximum absolute atomic E-state index is 12.7. The van der Waals surface area contributed by atoms with Crippen molar-refractivity contribution in [3.8, 4) is 0 Å². The lowest BCUT2D eigenvalue weighted by Crippen LogP contribution is -2.48. The van der Waals surface area contributed by atoms with Crippen LogP contribution in [-0.4, -0.2) is 62.3 Å². The van der Waals surface area contributed by atoms with E-state index >= 15 is 0 Å². The predicted molar refractivity (Wildman–Crippen MR) is 106 cm³/mol. The van der Waals surface area contributed by atoms with Gasteiger partial charge in [-0.3, -0.25) is 4.79 Å². The summed E-state index contributed by atoms with van der Waals surface area (Å²) < 4.78 is 26.9. The molecule has 0 aromatic heterocycles. The van der Waals surface area contributed by atoms with Crippen LogP contribution in [0.4, 0.5) is 0 Å². The zero-order valence-electron chi connectivity index (χ0n) is 15.7. The molecule has 1 aromatic rings. The van der Waals surface area contributed by atoms with E-state index in [9.17, 15) is 13.2 Å². The summed E-state index contributed by atoms with van der Waals surface area (Å²) in [7, 11) is -3.53. The maximum Gasteiger partial charge on any atom is 0.243 e. The monoisotopic (exact) mass is 413 g/mol. The predicted octanol–water partition coefficient (Wildman–Crippen LogP) is 2.34. The number of carbonyl (C=O) groups excluding carboxylic acids is 1. The highest BCUT2D eigenvalue weighted by Gasteiger charge is 2.33. The summed E-state index contributed by atoms with van der Waals surface area (Å²) in [6.45, 7) is 6.01. The van der Waals surface area contributed by atoms with Gasteiger partial charge in [0.1, 0.15) is 0 Å². The topological polar surface area (TPSA) is 69.7 Å². The number of hydrogen-bond acceptors (Lipinski definition) is 4. The van der Waals surface area contributed by atoms with Crippen LogP contribution in [0.25, 0.3) is 0 Å². The smallest absolute Gasteiger partial charge is 0.243 e. The standard InChI is InChI=1S/C19H28ClN3O3S/c1-2-22-11-9-17(10-12-22)21-19(24)15-7-13-23(14-8-15)27(25,26)18-5-3-16(20)4-6-18/h3-6,15,17H,2,7-14H2,1H3,(H,21,24). The molecule has 1 aromatic carbocycles. The molecular formula is C19H28ClN3O3S. The van der Waals surface area contributed by atoms with Gasteiger partial charge in [0.15, 0.2) is 0 Å². The van der Waals surface area contributed by atoms with Gasteiger partial charge in [0, 0.05) is 43.2 Å².